The first-order valence-corrected chi connectivity index (χ1v) is 7.61. The number of anilines is 1. The van der Waals surface area contributed by atoms with Gasteiger partial charge >= 0.3 is 0 Å². The van der Waals surface area contributed by atoms with E-state index in [1.807, 2.05) is 30.5 Å². The first-order chi connectivity index (χ1) is 8.75. The summed E-state index contributed by atoms with van der Waals surface area (Å²) in [5, 5.41) is 1.06. The number of thioether (sulfide) groups is 1. The van der Waals surface area contributed by atoms with Crippen molar-refractivity contribution in [2.45, 2.75) is 17.9 Å². The predicted octanol–water partition coefficient (Wildman–Crippen LogP) is 4.15. The highest BCUT2D eigenvalue weighted by Gasteiger charge is 2.00. The summed E-state index contributed by atoms with van der Waals surface area (Å²) in [6.07, 6.45) is 4.04. The van der Waals surface area contributed by atoms with Crippen molar-refractivity contribution in [3.05, 3.63) is 52.6 Å². The summed E-state index contributed by atoms with van der Waals surface area (Å²) in [6.45, 7) is 0. The van der Waals surface area contributed by atoms with Crippen LogP contribution in [-0.4, -0.2) is 10.7 Å². The lowest BCUT2D eigenvalue weighted by molar-refractivity contribution is 0.930. The van der Waals surface area contributed by atoms with Crippen molar-refractivity contribution in [3.8, 4) is 0 Å². The van der Waals surface area contributed by atoms with Gasteiger partial charge in [-0.15, -0.1) is 11.8 Å². The number of nitrogens with zero attached hydrogens (tertiary/aromatic N) is 1. The van der Waals surface area contributed by atoms with Crippen LogP contribution in [0.25, 0.3) is 0 Å². The van der Waals surface area contributed by atoms with Crippen LogP contribution in [-0.2, 0) is 6.42 Å². The molecule has 0 aliphatic rings. The lowest BCUT2D eigenvalue weighted by atomic mass is 10.1. The van der Waals surface area contributed by atoms with E-state index in [1.165, 1.54) is 5.56 Å². The number of hydrogen-bond donors (Lipinski definition) is 1. The summed E-state index contributed by atoms with van der Waals surface area (Å²) >= 11 is 5.29. The smallest absolute Gasteiger partial charge is 0.110 e. The highest BCUT2D eigenvalue weighted by molar-refractivity contribution is 9.10. The molecule has 0 unspecified atom stereocenters. The molecular formula is C14H15BrN2S. The van der Waals surface area contributed by atoms with E-state index in [4.69, 9.17) is 5.73 Å². The zero-order valence-corrected chi connectivity index (χ0v) is 12.4. The van der Waals surface area contributed by atoms with E-state index < -0.39 is 0 Å². The fourth-order valence-corrected chi connectivity index (χ4v) is 3.03. The van der Waals surface area contributed by atoms with Crippen LogP contribution in [0, 0.1) is 0 Å². The van der Waals surface area contributed by atoms with Crippen LogP contribution < -0.4 is 5.73 Å². The molecule has 2 aromatic rings. The van der Waals surface area contributed by atoms with Crippen LogP contribution >= 0.6 is 27.7 Å². The summed E-state index contributed by atoms with van der Waals surface area (Å²) < 4.78 is 1.07. The van der Waals surface area contributed by atoms with E-state index in [1.54, 1.807) is 11.8 Å². The minimum atomic E-state index is 0.825. The van der Waals surface area contributed by atoms with Gasteiger partial charge in [0, 0.05) is 16.4 Å². The second kappa shape index (κ2) is 6.81. The summed E-state index contributed by atoms with van der Waals surface area (Å²) in [5.41, 5.74) is 7.82. The summed E-state index contributed by atoms with van der Waals surface area (Å²) in [6, 6.07) is 12.1. The van der Waals surface area contributed by atoms with Crippen molar-refractivity contribution in [1.82, 2.24) is 4.98 Å². The van der Waals surface area contributed by atoms with E-state index in [-0.39, 0.29) is 0 Å². The first kappa shape index (κ1) is 13.4. The lowest BCUT2D eigenvalue weighted by Gasteiger charge is -2.03. The molecule has 94 valence electrons. The van der Waals surface area contributed by atoms with Crippen molar-refractivity contribution in [1.29, 1.82) is 0 Å². The number of hydrogen-bond acceptors (Lipinski definition) is 3. The maximum Gasteiger partial charge on any atom is 0.110 e. The summed E-state index contributed by atoms with van der Waals surface area (Å²) in [5.74, 6) is 1.07. The Morgan fingerprint density at radius 1 is 1.17 bits per heavy atom. The SMILES string of the molecule is Nc1ccc(CCCSc2ncccc2Br)cc1. The molecule has 0 bridgehead atoms. The molecule has 1 aromatic carbocycles. The van der Waals surface area contributed by atoms with Gasteiger partial charge in [-0.1, -0.05) is 12.1 Å². The Labute approximate surface area is 120 Å². The number of aromatic nitrogens is 1. The number of nitrogen functional groups attached to an aromatic ring is 1. The largest absolute Gasteiger partial charge is 0.399 e. The predicted molar refractivity (Wildman–Crippen MR) is 81.8 cm³/mol. The van der Waals surface area contributed by atoms with Gasteiger partial charge in [0.25, 0.3) is 0 Å². The van der Waals surface area contributed by atoms with Gasteiger partial charge in [0.1, 0.15) is 5.03 Å². The van der Waals surface area contributed by atoms with E-state index >= 15 is 0 Å². The topological polar surface area (TPSA) is 38.9 Å². The van der Waals surface area contributed by atoms with Gasteiger partial charge in [-0.2, -0.15) is 0 Å². The minimum Gasteiger partial charge on any atom is -0.399 e. The highest BCUT2D eigenvalue weighted by Crippen LogP contribution is 2.25. The molecule has 1 heterocycles. The van der Waals surface area contributed by atoms with Crippen LogP contribution in [0.2, 0.25) is 0 Å². The number of rotatable bonds is 5. The van der Waals surface area contributed by atoms with Crippen LogP contribution in [0.1, 0.15) is 12.0 Å². The Kier molecular flexibility index (Phi) is 5.08. The van der Waals surface area contributed by atoms with Gasteiger partial charge in [-0.3, -0.25) is 0 Å². The summed E-state index contributed by atoms with van der Waals surface area (Å²) in [4.78, 5) is 4.33. The summed E-state index contributed by atoms with van der Waals surface area (Å²) in [7, 11) is 0. The molecule has 4 heteroatoms. The molecule has 0 saturated heterocycles. The zero-order chi connectivity index (χ0) is 12.8. The third kappa shape index (κ3) is 4.03. The van der Waals surface area contributed by atoms with Crippen molar-refractivity contribution < 1.29 is 0 Å². The normalized spacial score (nSPS) is 10.5. The Morgan fingerprint density at radius 2 is 1.94 bits per heavy atom. The van der Waals surface area contributed by atoms with Gasteiger partial charge in [0.2, 0.25) is 0 Å². The van der Waals surface area contributed by atoms with E-state index in [0.29, 0.717) is 0 Å². The molecule has 18 heavy (non-hydrogen) atoms. The van der Waals surface area contributed by atoms with Crippen molar-refractivity contribution >= 4 is 33.4 Å². The molecule has 2 rings (SSSR count). The maximum absolute atomic E-state index is 5.66. The highest BCUT2D eigenvalue weighted by atomic mass is 79.9. The van der Waals surface area contributed by atoms with Gasteiger partial charge < -0.3 is 5.73 Å². The monoisotopic (exact) mass is 322 g/mol. The second-order valence-electron chi connectivity index (χ2n) is 3.98. The molecule has 1 aromatic heterocycles. The minimum absolute atomic E-state index is 0.825. The molecular weight excluding hydrogens is 308 g/mol. The Bertz CT molecular complexity index is 499. The van der Waals surface area contributed by atoms with Gasteiger partial charge in [-0.05, 0) is 64.4 Å². The number of aryl methyl sites for hydroxylation is 1. The van der Waals surface area contributed by atoms with E-state index in [2.05, 4.69) is 33.0 Å². The Hall–Kier alpha value is -1.00. The van der Waals surface area contributed by atoms with Crippen LogP contribution in [0.3, 0.4) is 0 Å². The average molecular weight is 323 g/mol. The Balaban J connectivity index is 1.76. The first-order valence-electron chi connectivity index (χ1n) is 5.83. The van der Waals surface area contributed by atoms with Crippen molar-refractivity contribution in [3.63, 3.8) is 0 Å². The number of pyridine rings is 1. The number of nitrogens with two attached hydrogens (primary N) is 1. The maximum atomic E-state index is 5.66. The third-order valence-electron chi connectivity index (χ3n) is 2.55. The molecule has 2 N–H and O–H groups in total. The van der Waals surface area contributed by atoms with Gasteiger partial charge in [0.15, 0.2) is 0 Å². The molecule has 0 aliphatic heterocycles. The molecule has 0 atom stereocenters. The van der Waals surface area contributed by atoms with E-state index in [9.17, 15) is 0 Å². The lowest BCUT2D eigenvalue weighted by Crippen LogP contribution is -1.90. The Morgan fingerprint density at radius 3 is 2.67 bits per heavy atom. The zero-order valence-electron chi connectivity index (χ0n) is 9.97. The van der Waals surface area contributed by atoms with E-state index in [0.717, 1.165) is 33.8 Å². The van der Waals surface area contributed by atoms with Gasteiger partial charge in [-0.25, -0.2) is 4.98 Å². The fraction of sp³-hybridized carbons (Fsp3) is 0.214. The molecule has 0 radical (unpaired) electrons. The van der Waals surface area contributed by atoms with Crippen LogP contribution in [0.4, 0.5) is 5.69 Å². The molecule has 0 aliphatic carbocycles. The average Bonchev–Trinajstić information content (AvgIpc) is 2.39. The van der Waals surface area contributed by atoms with Gasteiger partial charge in [0.05, 0.1) is 0 Å². The molecule has 0 spiro atoms. The molecule has 0 amide bonds. The molecule has 0 saturated carbocycles. The van der Waals surface area contributed by atoms with Crippen LogP contribution in [0.5, 0.6) is 0 Å². The molecule has 0 fully saturated rings. The van der Waals surface area contributed by atoms with Crippen LogP contribution in [0.15, 0.2) is 52.1 Å². The molecule has 2 nitrogen and oxygen atoms in total. The number of halogens is 1. The van der Waals surface area contributed by atoms with Crippen molar-refractivity contribution in [2.24, 2.45) is 0 Å². The second-order valence-corrected chi connectivity index (χ2v) is 5.92. The third-order valence-corrected chi connectivity index (χ3v) is 4.55. The van der Waals surface area contributed by atoms with Crippen molar-refractivity contribution in [2.75, 3.05) is 11.5 Å². The number of benzene rings is 1. The standard InChI is InChI=1S/C14H15BrN2S/c15-13-4-1-9-17-14(13)18-10-2-3-11-5-7-12(16)8-6-11/h1,4-9H,2-3,10,16H2. The quantitative estimate of drug-likeness (QED) is 0.510. The fourth-order valence-electron chi connectivity index (χ4n) is 1.61.